The number of piperidine rings is 5. The first kappa shape index (κ1) is 113. The van der Waals surface area contributed by atoms with E-state index in [1.165, 1.54) is 259 Å². The summed E-state index contributed by atoms with van der Waals surface area (Å²) in [7, 11) is 1.00. The van der Waals surface area contributed by atoms with Crippen molar-refractivity contribution in [2.75, 3.05) is 242 Å². The smallest absolute Gasteiger partial charge is 0.270 e. The minimum absolute atomic E-state index is 0. The van der Waals surface area contributed by atoms with E-state index in [9.17, 15) is 20.2 Å². The molecule has 8 aromatic rings. The molecular weight excluding hydrogens is 1970 g/mol. The largest absolute Gasteiger partial charge is 0.400 e. The number of nitrogen functional groups attached to an aromatic ring is 1. The number of nitrogens with zero attached hydrogens (tertiary/aromatic N) is 11. The zero-order chi connectivity index (χ0) is 90.5. The number of benzene rings is 5. The quantitative estimate of drug-likeness (QED) is 0.00597. The Labute approximate surface area is 847 Å². The van der Waals surface area contributed by atoms with Crippen LogP contribution in [-0.2, 0) is 12.8 Å². The number of fused-ring (bicyclic) bond motifs is 5. The van der Waals surface area contributed by atoms with Crippen molar-refractivity contribution in [2.24, 2.45) is 0 Å². The number of hydrogen-bond acceptors (Lipinski definition) is 29. The Bertz CT molecular complexity index is 4460. The van der Waals surface area contributed by atoms with Crippen molar-refractivity contribution in [1.82, 2.24) is 24.5 Å². The first-order chi connectivity index (χ1) is 62.6. The lowest BCUT2D eigenvalue weighted by atomic mass is 10.1. The second kappa shape index (κ2) is 64.2. The molecule has 0 radical (unpaired) electrons. The summed E-state index contributed by atoms with van der Waals surface area (Å²) in [5.74, 6) is 6.27. The summed E-state index contributed by atoms with van der Waals surface area (Å²) >= 11 is 21.2. The van der Waals surface area contributed by atoms with E-state index in [1.807, 2.05) is 106 Å². The summed E-state index contributed by atoms with van der Waals surface area (Å²) in [5.41, 5.74) is 17.4. The standard InChI is InChI=1S/2C21H27N3S2.C15H21N3O2S.C15H23N3S.C8H8N2O2S.C7H14ClN.C6H7NS2.C2H6O.CH4O.CH4.ClH.HI/c2*22-18(20-5-4-13-25-20)15-17-6-7-19-21(16-17)26-14-12-24(19)11-10-23-8-2-1-3-9-23;19-18(20)13-4-5-14-15(12-13)21-11-10-17(14)9-8-16-6-2-1-3-7-16;16-13-4-5-14-15(12-13)19-11-10-18(14)9-8-17-6-2-1-3-7-17;11-10(12)6-1-2-7-8(5-6)13-4-3-9-7;8-4-7-9-5-2-1-3-6-9;1-8-6(7)5-3-2-4-9-5;1-2-3;1-2;;;/h2*4-7,13,16,22H,1-3,8-12,14-15H2;4-5,12H,1-3,6-11H2;4-5,12H,1-3,6-11,16H2;1-2,5,9H,3-4H2;1-7H2;2-4,7H,1H3;3H,2H2,1H3;2H,1H3;1H4;2*1H. The Balaban J connectivity index is 0.000000212. The van der Waals surface area contributed by atoms with Crippen LogP contribution in [-0.4, -0.2) is 273 Å². The first-order valence-electron chi connectivity index (χ1n) is 45.8. The van der Waals surface area contributed by atoms with Crippen molar-refractivity contribution in [3.05, 3.63) is 190 Å². The number of aliphatic hydroxyl groups is 2. The molecule has 5 saturated heterocycles. The SMILES string of the molecule is C.CCO.CO.CSC(=N)c1cccs1.Cl.ClCCN1CCCCC1.I.N=C(Cc1ccc2c(c1)SCCN2CCN1CCCCC1)c1cccs1.N=C(Cc1ccc2c(c1)SCCN2CCN1CCCCC1)c1cccs1.Nc1ccc2c(c1)SCCN2CCN1CCCCC1.O=[N+]([O-])c1ccc2c(c1)SCCN2.O=[N+]([O-])c1ccc2c(c1)SCCN2CCN1CCCCC1. The highest BCUT2D eigenvalue weighted by Gasteiger charge is 2.27. The molecule has 10 aliphatic heterocycles. The maximum atomic E-state index is 10.9. The van der Waals surface area contributed by atoms with Crippen molar-refractivity contribution in [3.63, 3.8) is 0 Å². The van der Waals surface area contributed by atoms with E-state index in [4.69, 9.17) is 43.8 Å². The molecule has 5 fully saturated rings. The molecule has 13 heterocycles. The van der Waals surface area contributed by atoms with Crippen molar-refractivity contribution in [2.45, 2.75) is 148 Å². The predicted octanol–water partition coefficient (Wildman–Crippen LogP) is 22.7. The van der Waals surface area contributed by atoms with Gasteiger partial charge >= 0.3 is 0 Å². The number of aliphatic hydroxyl groups excluding tert-OH is 2. The molecule has 0 unspecified atom stereocenters. The number of anilines is 6. The Morgan fingerprint density at radius 3 is 1.09 bits per heavy atom. The number of halogens is 3. The van der Waals surface area contributed by atoms with Crippen molar-refractivity contribution in [3.8, 4) is 0 Å². The molecule has 3 aromatic heterocycles. The molecule has 0 aliphatic carbocycles. The van der Waals surface area contributed by atoms with Crippen LogP contribution in [0, 0.1) is 36.5 Å². The second-order valence-electron chi connectivity index (χ2n) is 32.6. The van der Waals surface area contributed by atoms with Gasteiger partial charge in [0.2, 0.25) is 0 Å². The number of nitro groups is 2. The van der Waals surface area contributed by atoms with Crippen molar-refractivity contribution in [1.29, 1.82) is 16.2 Å². The van der Waals surface area contributed by atoms with E-state index >= 15 is 0 Å². The molecule has 10 aliphatic rings. The van der Waals surface area contributed by atoms with Crippen LogP contribution in [0.4, 0.5) is 45.5 Å². The van der Waals surface area contributed by atoms with Crippen molar-refractivity contribution >= 4 is 215 Å². The zero-order valence-corrected chi connectivity index (χ0v) is 87.4. The van der Waals surface area contributed by atoms with Crippen LogP contribution >= 0.6 is 153 Å². The fourth-order valence-electron chi connectivity index (χ4n) is 16.8. The normalized spacial score (nSPS) is 17.0. The Hall–Kier alpha value is -5.06. The van der Waals surface area contributed by atoms with Crippen LogP contribution in [0.1, 0.15) is 136 Å². The van der Waals surface area contributed by atoms with Gasteiger partial charge in [0.25, 0.3) is 11.4 Å². The highest BCUT2D eigenvalue weighted by atomic mass is 127. The average molecular weight is 2120 g/mol. The summed E-state index contributed by atoms with van der Waals surface area (Å²) in [6.45, 7) is 30.2. The molecule has 8 N–H and O–H groups in total. The maximum absolute atomic E-state index is 10.9. The van der Waals surface area contributed by atoms with Gasteiger partial charge in [-0.1, -0.05) is 69.9 Å². The molecule has 18 rings (SSSR count). The molecular formula is C97H143Cl2IN16O6S9. The Kier molecular flexibility index (Phi) is 55.3. The van der Waals surface area contributed by atoms with Gasteiger partial charge in [-0.25, -0.2) is 0 Å². The van der Waals surface area contributed by atoms with Crippen LogP contribution in [0.3, 0.4) is 0 Å². The third-order valence-electron chi connectivity index (χ3n) is 23.6. The third kappa shape index (κ3) is 38.7. The molecule has 0 spiro atoms. The van der Waals surface area contributed by atoms with E-state index in [2.05, 4.69) is 97.9 Å². The van der Waals surface area contributed by atoms with Gasteiger partial charge in [0.05, 0.1) is 48.9 Å². The van der Waals surface area contributed by atoms with E-state index < -0.39 is 0 Å². The fraction of sp³-hybridized carbons (Fsp3) is 0.536. The number of nitrogens with one attached hydrogen (secondary N) is 4. The summed E-state index contributed by atoms with van der Waals surface area (Å²) in [5, 5.41) is 69.9. The van der Waals surface area contributed by atoms with E-state index in [1.54, 1.807) is 88.7 Å². The highest BCUT2D eigenvalue weighted by molar-refractivity contribution is 14.0. The second-order valence-corrected chi connectivity index (χ2v) is 42.3. The molecule has 0 bridgehead atoms. The topological polar surface area (TPSA) is 266 Å². The molecule has 22 nitrogen and oxygen atoms in total. The molecule has 5 aromatic carbocycles. The fourth-order valence-corrected chi connectivity index (χ4v) is 24.9. The number of alkyl halides is 1. The molecule has 131 heavy (non-hydrogen) atoms. The number of thiophene rings is 3. The highest BCUT2D eigenvalue weighted by Crippen LogP contribution is 2.41. The summed E-state index contributed by atoms with van der Waals surface area (Å²) in [6.07, 6.45) is 24.0. The van der Waals surface area contributed by atoms with Crippen molar-refractivity contribution < 1.29 is 20.1 Å². The molecule has 34 heteroatoms. The zero-order valence-electron chi connectivity index (χ0n) is 76.2. The minimum atomic E-state index is -0.366. The number of non-ortho nitro benzene ring substituents is 2. The molecule has 722 valence electrons. The predicted molar refractivity (Wildman–Crippen MR) is 588 cm³/mol. The van der Waals surface area contributed by atoms with Gasteiger partial charge in [0.15, 0.2) is 0 Å². The summed E-state index contributed by atoms with van der Waals surface area (Å²) < 4.78 is 0. The Morgan fingerprint density at radius 2 is 0.748 bits per heavy atom. The first-order valence-corrected chi connectivity index (χ1v) is 55.2. The van der Waals surface area contributed by atoms with Crippen LogP contribution in [0.25, 0.3) is 0 Å². The van der Waals surface area contributed by atoms with Gasteiger partial charge in [-0.2, -0.15) is 0 Å². The number of nitro benzene ring substituents is 2. The third-order valence-corrected chi connectivity index (χ3v) is 32.4. The van der Waals surface area contributed by atoms with Gasteiger partial charge in [-0.15, -0.1) is 153 Å². The number of nitrogens with two attached hydrogens (primary N) is 1. The van der Waals surface area contributed by atoms with Crippen LogP contribution < -0.4 is 30.7 Å². The lowest BCUT2D eigenvalue weighted by Crippen LogP contribution is -2.39. The number of rotatable bonds is 23. The van der Waals surface area contributed by atoms with Gasteiger partial charge in [-0.3, -0.25) is 25.6 Å². The average Bonchev–Trinajstić information content (AvgIpc) is 1.22. The van der Waals surface area contributed by atoms with Gasteiger partial charge in [0.1, 0.15) is 5.04 Å². The molecule has 0 saturated carbocycles. The van der Waals surface area contributed by atoms with E-state index in [0.29, 0.717) is 5.04 Å². The minimum Gasteiger partial charge on any atom is -0.400 e. The van der Waals surface area contributed by atoms with Crippen LogP contribution in [0.2, 0.25) is 0 Å². The lowest BCUT2D eigenvalue weighted by Gasteiger charge is -2.34. The molecule has 0 amide bonds. The van der Waals surface area contributed by atoms with Crippen LogP contribution in [0.5, 0.6) is 0 Å². The van der Waals surface area contributed by atoms with E-state index in [-0.39, 0.29) is 71.6 Å². The van der Waals surface area contributed by atoms with E-state index in [0.717, 1.165) is 162 Å². The Morgan fingerprint density at radius 1 is 0.435 bits per heavy atom. The summed E-state index contributed by atoms with van der Waals surface area (Å²) in [4.78, 5) is 52.9. The molecule has 0 atom stereocenters. The van der Waals surface area contributed by atoms with Gasteiger partial charge < -0.3 is 76.2 Å². The van der Waals surface area contributed by atoms with Crippen LogP contribution in [0.15, 0.2) is 168 Å². The summed E-state index contributed by atoms with van der Waals surface area (Å²) in [6, 6.07) is 42.2. The number of thioether (sulfide) groups is 6. The van der Waals surface area contributed by atoms with Gasteiger partial charge in [0, 0.05) is 223 Å². The maximum Gasteiger partial charge on any atom is 0.270 e. The number of likely N-dealkylation sites (tertiary alicyclic amines) is 5. The lowest BCUT2D eigenvalue weighted by molar-refractivity contribution is -0.385. The van der Waals surface area contributed by atoms with Gasteiger partial charge in [-0.05, 0) is 243 Å². The monoisotopic (exact) mass is 2110 g/mol. The number of hydrogen-bond donors (Lipinski definition) is 7.